The van der Waals surface area contributed by atoms with E-state index in [0.717, 1.165) is 22.3 Å². The fourth-order valence-electron chi connectivity index (χ4n) is 3.90. The monoisotopic (exact) mass is 504 g/mol. The number of amides is 1. The van der Waals surface area contributed by atoms with Gasteiger partial charge in [-0.15, -0.1) is 0 Å². The van der Waals surface area contributed by atoms with Gasteiger partial charge < -0.3 is 9.84 Å². The van der Waals surface area contributed by atoms with Crippen molar-refractivity contribution in [3.63, 3.8) is 0 Å². The summed E-state index contributed by atoms with van der Waals surface area (Å²) in [6, 6.07) is 17.7. The van der Waals surface area contributed by atoms with Crippen molar-refractivity contribution in [2.45, 2.75) is 71.8 Å². The topological polar surface area (TPSA) is 70.9 Å². The van der Waals surface area contributed by atoms with Crippen molar-refractivity contribution in [1.82, 2.24) is 5.43 Å². The lowest BCUT2D eigenvalue weighted by Gasteiger charge is -2.28. The molecule has 3 aromatic carbocycles. The van der Waals surface area contributed by atoms with E-state index in [1.54, 1.807) is 36.5 Å². The van der Waals surface area contributed by atoms with Gasteiger partial charge in [-0.25, -0.2) is 9.82 Å². The molecule has 0 heterocycles. The van der Waals surface area contributed by atoms with Gasteiger partial charge in [-0.2, -0.15) is 5.10 Å². The van der Waals surface area contributed by atoms with Gasteiger partial charge in [0.15, 0.2) is 0 Å². The van der Waals surface area contributed by atoms with Gasteiger partial charge in [0.05, 0.1) is 6.21 Å². The average molecular weight is 505 g/mol. The molecule has 0 spiro atoms. The first-order chi connectivity index (χ1) is 17.3. The van der Waals surface area contributed by atoms with E-state index < -0.39 is 0 Å². The fraction of sp³-hybridized carbons (Fsp3) is 0.355. The lowest BCUT2D eigenvalue weighted by molar-refractivity contribution is -0.121. The largest absolute Gasteiger partial charge is 0.507 e. The lowest BCUT2D eigenvalue weighted by atomic mass is 9.78. The van der Waals surface area contributed by atoms with E-state index in [1.807, 2.05) is 24.3 Å². The van der Waals surface area contributed by atoms with Crippen LogP contribution in [-0.2, 0) is 28.7 Å². The second-order valence-corrected chi connectivity index (χ2v) is 11.3. The number of hydrogen-bond donors (Lipinski definition) is 2. The normalized spacial score (nSPS) is 12.1. The van der Waals surface area contributed by atoms with Crippen LogP contribution in [0.4, 0.5) is 4.39 Å². The molecule has 0 saturated heterocycles. The smallest absolute Gasteiger partial charge is 0.240 e. The SMILES string of the molecule is CC(C)(C)c1cc(CCC(=O)NN=Cc2ccc(OCc3ccccc3F)cc2)cc(C(C)(C)C)c1O. The van der Waals surface area contributed by atoms with E-state index in [1.165, 1.54) is 6.07 Å². The molecule has 0 aliphatic heterocycles. The van der Waals surface area contributed by atoms with Crippen molar-refractivity contribution < 1.29 is 19.0 Å². The number of benzene rings is 3. The van der Waals surface area contributed by atoms with Crippen molar-refractivity contribution in [1.29, 1.82) is 0 Å². The van der Waals surface area contributed by atoms with Crippen molar-refractivity contribution in [3.05, 3.63) is 94.3 Å². The minimum Gasteiger partial charge on any atom is -0.507 e. The summed E-state index contributed by atoms with van der Waals surface area (Å²) in [5.74, 6) is 0.463. The Kier molecular flexibility index (Phi) is 8.74. The molecule has 37 heavy (non-hydrogen) atoms. The number of carbonyl (C=O) groups excluding carboxylic acids is 1. The first kappa shape index (κ1) is 27.9. The van der Waals surface area contributed by atoms with Gasteiger partial charge in [-0.05, 0) is 69.8 Å². The molecule has 3 aromatic rings. The Bertz CT molecular complexity index is 1220. The zero-order chi connectivity index (χ0) is 27.2. The number of hydrazone groups is 1. The summed E-state index contributed by atoms with van der Waals surface area (Å²) >= 11 is 0. The van der Waals surface area contributed by atoms with Gasteiger partial charge in [0.2, 0.25) is 5.91 Å². The Morgan fingerprint density at radius 2 is 1.57 bits per heavy atom. The molecule has 6 heteroatoms. The highest BCUT2D eigenvalue weighted by Crippen LogP contribution is 2.40. The molecule has 3 rings (SSSR count). The van der Waals surface area contributed by atoms with Crippen molar-refractivity contribution in [2.75, 3.05) is 0 Å². The van der Waals surface area contributed by atoms with Gasteiger partial charge >= 0.3 is 0 Å². The van der Waals surface area contributed by atoms with Crippen LogP contribution in [0.2, 0.25) is 0 Å². The van der Waals surface area contributed by atoms with Crippen LogP contribution in [-0.4, -0.2) is 17.2 Å². The van der Waals surface area contributed by atoms with Crippen LogP contribution in [0, 0.1) is 5.82 Å². The highest BCUT2D eigenvalue weighted by atomic mass is 19.1. The number of phenols is 1. The third kappa shape index (κ3) is 7.91. The Morgan fingerprint density at radius 1 is 0.973 bits per heavy atom. The number of hydrogen-bond acceptors (Lipinski definition) is 4. The van der Waals surface area contributed by atoms with E-state index in [4.69, 9.17) is 4.74 Å². The minimum absolute atomic E-state index is 0.145. The summed E-state index contributed by atoms with van der Waals surface area (Å²) < 4.78 is 19.4. The number of halogens is 1. The van der Waals surface area contributed by atoms with E-state index in [0.29, 0.717) is 23.5 Å². The van der Waals surface area contributed by atoms with Gasteiger partial charge in [-0.1, -0.05) is 71.9 Å². The molecule has 0 atom stereocenters. The number of nitrogens with zero attached hydrogens (tertiary/aromatic N) is 1. The number of rotatable bonds is 8. The molecule has 0 aliphatic carbocycles. The summed E-state index contributed by atoms with van der Waals surface area (Å²) in [4.78, 5) is 12.4. The maximum absolute atomic E-state index is 13.7. The lowest BCUT2D eigenvalue weighted by Crippen LogP contribution is -2.20. The standard InChI is InChI=1S/C31H37FN2O3/c1-30(2,3)25-17-22(18-26(29(25)36)31(4,5)6)13-16-28(35)34-33-19-21-11-14-24(15-12-21)37-20-23-9-7-8-10-27(23)32/h7-12,14-15,17-19,36H,13,16,20H2,1-6H3,(H,34,35). The maximum Gasteiger partial charge on any atom is 0.240 e. The Morgan fingerprint density at radius 3 is 2.14 bits per heavy atom. The van der Waals surface area contributed by atoms with Crippen molar-refractivity contribution >= 4 is 12.1 Å². The number of ether oxygens (including phenoxy) is 1. The molecule has 0 aromatic heterocycles. The van der Waals surface area contributed by atoms with Crippen LogP contribution < -0.4 is 10.2 Å². The highest BCUT2D eigenvalue weighted by Gasteiger charge is 2.26. The van der Waals surface area contributed by atoms with Crippen molar-refractivity contribution in [2.24, 2.45) is 5.10 Å². The van der Waals surface area contributed by atoms with E-state index in [9.17, 15) is 14.3 Å². The second kappa shape index (κ2) is 11.6. The fourth-order valence-corrected chi connectivity index (χ4v) is 3.90. The Balaban J connectivity index is 1.55. The third-order valence-corrected chi connectivity index (χ3v) is 6.06. The molecule has 5 nitrogen and oxygen atoms in total. The van der Waals surface area contributed by atoms with Crippen LogP contribution in [0.1, 0.15) is 75.8 Å². The molecular formula is C31H37FN2O3. The van der Waals surface area contributed by atoms with Crippen LogP contribution in [0.3, 0.4) is 0 Å². The molecular weight excluding hydrogens is 467 g/mol. The predicted molar refractivity (Wildman–Crippen MR) is 147 cm³/mol. The highest BCUT2D eigenvalue weighted by molar-refractivity contribution is 5.82. The number of aryl methyl sites for hydroxylation is 1. The molecule has 0 saturated carbocycles. The van der Waals surface area contributed by atoms with Gasteiger partial charge in [0.25, 0.3) is 0 Å². The molecule has 0 unspecified atom stereocenters. The van der Waals surface area contributed by atoms with Crippen LogP contribution in [0.25, 0.3) is 0 Å². The van der Waals surface area contributed by atoms with E-state index in [-0.39, 0.29) is 35.6 Å². The van der Waals surface area contributed by atoms with Gasteiger partial charge in [0, 0.05) is 12.0 Å². The average Bonchev–Trinajstić information content (AvgIpc) is 2.82. The van der Waals surface area contributed by atoms with Crippen LogP contribution >= 0.6 is 0 Å². The summed E-state index contributed by atoms with van der Waals surface area (Å²) in [6.07, 6.45) is 2.38. The predicted octanol–water partition coefficient (Wildman–Crippen LogP) is 6.79. The number of nitrogens with one attached hydrogen (secondary N) is 1. The van der Waals surface area contributed by atoms with Crippen LogP contribution in [0.5, 0.6) is 11.5 Å². The molecule has 0 bridgehead atoms. The zero-order valence-corrected chi connectivity index (χ0v) is 22.6. The minimum atomic E-state index is -0.295. The van der Waals surface area contributed by atoms with Gasteiger partial charge in [-0.3, -0.25) is 4.79 Å². The van der Waals surface area contributed by atoms with E-state index >= 15 is 0 Å². The molecule has 196 valence electrons. The first-order valence-electron chi connectivity index (χ1n) is 12.5. The molecule has 2 N–H and O–H groups in total. The summed E-state index contributed by atoms with van der Waals surface area (Å²) in [7, 11) is 0. The summed E-state index contributed by atoms with van der Waals surface area (Å²) in [6.45, 7) is 12.6. The third-order valence-electron chi connectivity index (χ3n) is 6.06. The summed E-state index contributed by atoms with van der Waals surface area (Å²) in [5.41, 5.74) is 6.21. The number of carbonyl (C=O) groups is 1. The molecule has 1 amide bonds. The summed E-state index contributed by atoms with van der Waals surface area (Å²) in [5, 5.41) is 14.9. The Labute approximate surface area is 219 Å². The first-order valence-corrected chi connectivity index (χ1v) is 12.5. The Hall–Kier alpha value is -3.67. The maximum atomic E-state index is 13.7. The quantitative estimate of drug-likeness (QED) is 0.262. The number of aromatic hydroxyl groups is 1. The van der Waals surface area contributed by atoms with Crippen LogP contribution in [0.15, 0.2) is 65.8 Å². The zero-order valence-electron chi connectivity index (χ0n) is 22.6. The molecule has 0 fully saturated rings. The molecule has 0 radical (unpaired) electrons. The second-order valence-electron chi connectivity index (χ2n) is 11.3. The van der Waals surface area contributed by atoms with Crippen molar-refractivity contribution in [3.8, 4) is 11.5 Å². The molecule has 0 aliphatic rings. The van der Waals surface area contributed by atoms with Gasteiger partial charge in [0.1, 0.15) is 23.9 Å². The number of phenolic OH excluding ortho intramolecular Hbond substituents is 1. The van der Waals surface area contributed by atoms with E-state index in [2.05, 4.69) is 52.1 Å².